The molecule has 0 atom stereocenters. The number of nitrogens with one attached hydrogen (secondary N) is 1. The molecule has 2 rings (SSSR count). The van der Waals surface area contributed by atoms with Crippen LogP contribution in [0.15, 0.2) is 27.3 Å². The Morgan fingerprint density at radius 3 is 2.52 bits per heavy atom. The molecule has 6 heteroatoms. The van der Waals surface area contributed by atoms with Crippen molar-refractivity contribution < 1.29 is 0 Å². The first kappa shape index (κ1) is 16.4. The maximum Gasteiger partial charge on any atom is 0.180 e. The molecule has 2 aromatic heterocycles. The summed E-state index contributed by atoms with van der Waals surface area (Å²) in [5.74, 6) is 2.00. The quantitative estimate of drug-likeness (QED) is 0.772. The van der Waals surface area contributed by atoms with Gasteiger partial charge in [-0.25, -0.2) is 9.97 Å². The Labute approximate surface area is 142 Å². The molecule has 2 aromatic rings. The zero-order valence-electron chi connectivity index (χ0n) is 12.3. The van der Waals surface area contributed by atoms with Gasteiger partial charge in [0.2, 0.25) is 0 Å². The Morgan fingerprint density at radius 1 is 1.19 bits per heavy atom. The Balaban J connectivity index is 2.49. The van der Waals surface area contributed by atoms with Crippen molar-refractivity contribution in [2.45, 2.75) is 27.2 Å². The summed E-state index contributed by atoms with van der Waals surface area (Å²) in [6, 6.07) is 3.87. The molecule has 21 heavy (non-hydrogen) atoms. The van der Waals surface area contributed by atoms with Crippen LogP contribution in [0.2, 0.25) is 0 Å². The number of nitrogens with zero attached hydrogens (tertiary/aromatic N) is 3. The van der Waals surface area contributed by atoms with Crippen molar-refractivity contribution in [1.82, 2.24) is 15.0 Å². The van der Waals surface area contributed by atoms with Crippen LogP contribution in [0.5, 0.6) is 0 Å². The molecule has 0 fully saturated rings. The molecule has 0 saturated heterocycles. The standard InChI is InChI=1S/C15H18Br2N4/c1-4-18-15-13(17)12(7-9(2)3)20-14(21-15)11-6-5-10(16)8-19-11/h5-6,8-9H,4,7H2,1-3H3,(H,18,20,21). The Kier molecular flexibility index (Phi) is 5.70. The predicted molar refractivity (Wildman–Crippen MR) is 93.4 cm³/mol. The molecular formula is C15H18Br2N4. The Bertz CT molecular complexity index is 612. The molecule has 0 aliphatic heterocycles. The van der Waals surface area contributed by atoms with E-state index in [1.54, 1.807) is 6.20 Å². The van der Waals surface area contributed by atoms with Crippen LogP contribution >= 0.6 is 31.9 Å². The summed E-state index contributed by atoms with van der Waals surface area (Å²) in [6.07, 6.45) is 2.65. The van der Waals surface area contributed by atoms with E-state index in [1.807, 2.05) is 19.1 Å². The van der Waals surface area contributed by atoms with Crippen LogP contribution < -0.4 is 5.32 Å². The maximum absolute atomic E-state index is 4.68. The van der Waals surface area contributed by atoms with Gasteiger partial charge in [0.05, 0.1) is 10.2 Å². The number of halogens is 2. The number of pyridine rings is 1. The second-order valence-corrected chi connectivity index (χ2v) is 6.86. The van der Waals surface area contributed by atoms with E-state index in [0.717, 1.165) is 39.1 Å². The highest BCUT2D eigenvalue weighted by Gasteiger charge is 2.14. The van der Waals surface area contributed by atoms with E-state index in [1.165, 1.54) is 0 Å². The fourth-order valence-electron chi connectivity index (χ4n) is 1.92. The molecule has 0 unspecified atom stereocenters. The van der Waals surface area contributed by atoms with E-state index in [0.29, 0.717) is 11.7 Å². The van der Waals surface area contributed by atoms with E-state index < -0.39 is 0 Å². The first-order valence-electron chi connectivity index (χ1n) is 6.93. The lowest BCUT2D eigenvalue weighted by Gasteiger charge is -2.13. The molecule has 2 heterocycles. The van der Waals surface area contributed by atoms with Crippen molar-refractivity contribution >= 4 is 37.7 Å². The van der Waals surface area contributed by atoms with Crippen LogP contribution in [0.1, 0.15) is 26.5 Å². The lowest BCUT2D eigenvalue weighted by atomic mass is 10.1. The van der Waals surface area contributed by atoms with Crippen LogP contribution in [0.3, 0.4) is 0 Å². The van der Waals surface area contributed by atoms with Gasteiger partial charge < -0.3 is 5.32 Å². The molecule has 0 aromatic carbocycles. The van der Waals surface area contributed by atoms with Crippen LogP contribution in [0, 0.1) is 5.92 Å². The highest BCUT2D eigenvalue weighted by atomic mass is 79.9. The summed E-state index contributed by atoms with van der Waals surface area (Å²) in [7, 11) is 0. The molecule has 0 radical (unpaired) electrons. The summed E-state index contributed by atoms with van der Waals surface area (Å²) in [4.78, 5) is 13.6. The molecule has 4 nitrogen and oxygen atoms in total. The lowest BCUT2D eigenvalue weighted by molar-refractivity contribution is 0.632. The molecule has 0 aliphatic rings. The molecular weight excluding hydrogens is 396 g/mol. The van der Waals surface area contributed by atoms with Gasteiger partial charge in [0.25, 0.3) is 0 Å². The molecule has 0 spiro atoms. The van der Waals surface area contributed by atoms with Gasteiger partial charge in [-0.1, -0.05) is 13.8 Å². The predicted octanol–water partition coefficient (Wildman–Crippen LogP) is 4.69. The third-order valence-corrected chi connectivity index (χ3v) is 4.12. The van der Waals surface area contributed by atoms with Crippen molar-refractivity contribution in [2.75, 3.05) is 11.9 Å². The van der Waals surface area contributed by atoms with Crippen molar-refractivity contribution in [3.05, 3.63) is 33.0 Å². The number of aromatic nitrogens is 3. The van der Waals surface area contributed by atoms with Gasteiger partial charge in [-0.2, -0.15) is 0 Å². The second-order valence-electron chi connectivity index (χ2n) is 5.15. The van der Waals surface area contributed by atoms with E-state index in [2.05, 4.69) is 66.0 Å². The number of hydrogen-bond acceptors (Lipinski definition) is 4. The van der Waals surface area contributed by atoms with Crippen LogP contribution in [-0.4, -0.2) is 21.5 Å². The summed E-state index contributed by atoms with van der Waals surface area (Å²) >= 11 is 7.01. The monoisotopic (exact) mass is 412 g/mol. The van der Waals surface area contributed by atoms with Gasteiger partial charge in [0, 0.05) is 17.2 Å². The fourth-order valence-corrected chi connectivity index (χ4v) is 2.64. The fraction of sp³-hybridized carbons (Fsp3) is 0.400. The summed E-state index contributed by atoms with van der Waals surface area (Å²) < 4.78 is 1.89. The smallest absolute Gasteiger partial charge is 0.180 e. The summed E-state index contributed by atoms with van der Waals surface area (Å²) in [5.41, 5.74) is 1.78. The van der Waals surface area contributed by atoms with Crippen molar-refractivity contribution in [3.63, 3.8) is 0 Å². The van der Waals surface area contributed by atoms with Crippen molar-refractivity contribution in [2.24, 2.45) is 5.92 Å². The highest BCUT2D eigenvalue weighted by molar-refractivity contribution is 9.10. The largest absolute Gasteiger partial charge is 0.369 e. The van der Waals surface area contributed by atoms with E-state index >= 15 is 0 Å². The number of rotatable bonds is 5. The van der Waals surface area contributed by atoms with E-state index in [9.17, 15) is 0 Å². The molecule has 0 aliphatic carbocycles. The van der Waals surface area contributed by atoms with Crippen molar-refractivity contribution in [1.29, 1.82) is 0 Å². The van der Waals surface area contributed by atoms with Gasteiger partial charge in [-0.05, 0) is 63.3 Å². The van der Waals surface area contributed by atoms with Gasteiger partial charge >= 0.3 is 0 Å². The summed E-state index contributed by atoms with van der Waals surface area (Å²) in [5, 5.41) is 3.28. The number of hydrogen-bond donors (Lipinski definition) is 1. The van der Waals surface area contributed by atoms with Crippen LogP contribution in [0.25, 0.3) is 11.5 Å². The highest BCUT2D eigenvalue weighted by Crippen LogP contribution is 2.28. The van der Waals surface area contributed by atoms with Gasteiger partial charge in [0.15, 0.2) is 5.82 Å². The van der Waals surface area contributed by atoms with E-state index in [4.69, 9.17) is 0 Å². The minimum absolute atomic E-state index is 0.524. The minimum Gasteiger partial charge on any atom is -0.369 e. The number of anilines is 1. The maximum atomic E-state index is 4.68. The first-order chi connectivity index (χ1) is 10.0. The van der Waals surface area contributed by atoms with Gasteiger partial charge in [-0.15, -0.1) is 0 Å². The average Bonchev–Trinajstić information content (AvgIpc) is 2.43. The topological polar surface area (TPSA) is 50.7 Å². The Morgan fingerprint density at radius 2 is 1.95 bits per heavy atom. The minimum atomic E-state index is 0.524. The molecule has 1 N–H and O–H groups in total. The third kappa shape index (κ3) is 4.23. The first-order valence-corrected chi connectivity index (χ1v) is 8.52. The Hall–Kier alpha value is -1.01. The molecule has 0 bridgehead atoms. The molecule has 112 valence electrons. The zero-order valence-corrected chi connectivity index (χ0v) is 15.5. The van der Waals surface area contributed by atoms with Crippen LogP contribution in [-0.2, 0) is 6.42 Å². The van der Waals surface area contributed by atoms with Gasteiger partial charge in [-0.3, -0.25) is 4.98 Å². The zero-order chi connectivity index (χ0) is 15.4. The third-order valence-electron chi connectivity index (χ3n) is 2.82. The van der Waals surface area contributed by atoms with Crippen LogP contribution in [0.4, 0.5) is 5.82 Å². The molecule has 0 amide bonds. The molecule has 0 saturated carbocycles. The van der Waals surface area contributed by atoms with E-state index in [-0.39, 0.29) is 0 Å². The second kappa shape index (κ2) is 7.31. The SMILES string of the molecule is CCNc1nc(-c2ccc(Br)cn2)nc(CC(C)C)c1Br. The average molecular weight is 414 g/mol. The summed E-state index contributed by atoms with van der Waals surface area (Å²) in [6.45, 7) is 7.22. The van der Waals surface area contributed by atoms with Crippen molar-refractivity contribution in [3.8, 4) is 11.5 Å². The normalized spacial score (nSPS) is 11.0. The van der Waals surface area contributed by atoms with Gasteiger partial charge in [0.1, 0.15) is 11.5 Å². The lowest BCUT2D eigenvalue weighted by Crippen LogP contribution is -2.08.